The number of benzene rings is 1. The summed E-state index contributed by atoms with van der Waals surface area (Å²) < 4.78 is 11.7. The van der Waals surface area contributed by atoms with Gasteiger partial charge in [0.25, 0.3) is 11.8 Å². The van der Waals surface area contributed by atoms with Crippen LogP contribution in [0.1, 0.15) is 48.4 Å². The molecule has 1 aromatic rings. The van der Waals surface area contributed by atoms with Crippen LogP contribution in [0.5, 0.6) is 0 Å². The minimum Gasteiger partial charge on any atom is -0.400 e. The van der Waals surface area contributed by atoms with Gasteiger partial charge in [-0.25, -0.2) is 0 Å². The topological polar surface area (TPSA) is 55.8 Å². The van der Waals surface area contributed by atoms with E-state index in [1.807, 2.05) is 27.7 Å². The Morgan fingerprint density at radius 3 is 1.96 bits per heavy atom. The fourth-order valence-electron chi connectivity index (χ4n) is 2.65. The minimum absolute atomic E-state index is 0.205. The van der Waals surface area contributed by atoms with E-state index in [4.69, 9.17) is 9.31 Å². The van der Waals surface area contributed by atoms with E-state index in [0.29, 0.717) is 11.1 Å². The Morgan fingerprint density at radius 1 is 1.00 bits per heavy atom. The maximum Gasteiger partial charge on any atom is 0.486 e. The van der Waals surface area contributed by atoms with Crippen LogP contribution in [-0.2, 0) is 9.31 Å². The SMILES string of the molecule is CC1(C)OB(/C=C/CN2C(=O)c3ccccc3C2=O)OC1(C)C. The van der Waals surface area contributed by atoms with Crippen LogP contribution in [0, 0.1) is 0 Å². The number of hydrogen-bond donors (Lipinski definition) is 0. The van der Waals surface area contributed by atoms with Gasteiger partial charge in [0.15, 0.2) is 0 Å². The maximum absolute atomic E-state index is 12.2. The van der Waals surface area contributed by atoms with Gasteiger partial charge < -0.3 is 9.31 Å². The molecule has 0 unspecified atom stereocenters. The molecule has 0 spiro atoms. The van der Waals surface area contributed by atoms with Crippen LogP contribution in [0.2, 0.25) is 0 Å². The molecule has 3 rings (SSSR count). The quantitative estimate of drug-likeness (QED) is 0.635. The molecule has 0 radical (unpaired) electrons. The average molecular weight is 313 g/mol. The Morgan fingerprint density at radius 2 is 1.48 bits per heavy atom. The first-order valence-corrected chi connectivity index (χ1v) is 7.70. The highest BCUT2D eigenvalue weighted by Crippen LogP contribution is 2.36. The molecule has 1 aromatic carbocycles. The molecular formula is C17H20BNO4. The van der Waals surface area contributed by atoms with Crippen LogP contribution in [-0.4, -0.2) is 41.6 Å². The zero-order valence-electron chi connectivity index (χ0n) is 13.8. The first-order valence-electron chi connectivity index (χ1n) is 7.70. The predicted molar refractivity (Wildman–Crippen MR) is 87.0 cm³/mol. The van der Waals surface area contributed by atoms with Crippen molar-refractivity contribution >= 4 is 18.9 Å². The van der Waals surface area contributed by atoms with E-state index in [1.165, 1.54) is 4.90 Å². The summed E-state index contributed by atoms with van der Waals surface area (Å²) in [5.74, 6) is 1.23. The molecule has 1 saturated heterocycles. The summed E-state index contributed by atoms with van der Waals surface area (Å²) in [5.41, 5.74) is 0.109. The zero-order valence-corrected chi connectivity index (χ0v) is 13.8. The molecule has 2 heterocycles. The summed E-state index contributed by atoms with van der Waals surface area (Å²) in [6, 6.07) is 6.86. The second-order valence-electron chi connectivity index (χ2n) is 6.82. The van der Waals surface area contributed by atoms with E-state index in [9.17, 15) is 9.59 Å². The van der Waals surface area contributed by atoms with Crippen LogP contribution in [0.25, 0.3) is 0 Å². The first kappa shape index (κ1) is 16.0. The van der Waals surface area contributed by atoms with E-state index < -0.39 is 18.3 Å². The summed E-state index contributed by atoms with van der Waals surface area (Å²) >= 11 is 0. The number of imide groups is 1. The molecule has 5 nitrogen and oxygen atoms in total. The van der Waals surface area contributed by atoms with Crippen LogP contribution >= 0.6 is 0 Å². The van der Waals surface area contributed by atoms with Crippen molar-refractivity contribution in [1.29, 1.82) is 0 Å². The van der Waals surface area contributed by atoms with E-state index in [1.54, 1.807) is 36.3 Å². The third-order valence-corrected chi connectivity index (χ3v) is 4.73. The molecule has 1 fully saturated rings. The second kappa shape index (κ2) is 5.32. The molecule has 2 aliphatic heterocycles. The van der Waals surface area contributed by atoms with Gasteiger partial charge in [0.2, 0.25) is 0 Å². The summed E-state index contributed by atoms with van der Waals surface area (Å²) in [4.78, 5) is 25.7. The van der Waals surface area contributed by atoms with Crippen LogP contribution < -0.4 is 0 Å². The van der Waals surface area contributed by atoms with Crippen LogP contribution in [0.3, 0.4) is 0 Å². The number of fused-ring (bicyclic) bond motifs is 1. The number of carbonyl (C=O) groups excluding carboxylic acids is 2. The molecule has 23 heavy (non-hydrogen) atoms. The predicted octanol–water partition coefficient (Wildman–Crippen LogP) is 2.47. The van der Waals surface area contributed by atoms with Gasteiger partial charge in [0, 0.05) is 6.54 Å². The zero-order chi connectivity index (χ0) is 16.8. The van der Waals surface area contributed by atoms with Crippen molar-refractivity contribution in [2.45, 2.75) is 38.9 Å². The first-order chi connectivity index (χ1) is 10.7. The molecule has 120 valence electrons. The van der Waals surface area contributed by atoms with Gasteiger partial charge in [-0.05, 0) is 39.8 Å². The van der Waals surface area contributed by atoms with Gasteiger partial charge >= 0.3 is 7.12 Å². The highest BCUT2D eigenvalue weighted by atomic mass is 16.7. The van der Waals surface area contributed by atoms with Crippen molar-refractivity contribution in [2.24, 2.45) is 0 Å². The Labute approximate surface area is 136 Å². The van der Waals surface area contributed by atoms with Crippen molar-refractivity contribution in [2.75, 3.05) is 6.54 Å². The molecule has 0 aromatic heterocycles. The molecule has 0 N–H and O–H groups in total. The van der Waals surface area contributed by atoms with Gasteiger partial charge in [0.05, 0.1) is 22.3 Å². The van der Waals surface area contributed by atoms with Gasteiger partial charge in [-0.15, -0.1) is 0 Å². The number of rotatable bonds is 3. The monoisotopic (exact) mass is 313 g/mol. The third-order valence-electron chi connectivity index (χ3n) is 4.73. The van der Waals surface area contributed by atoms with E-state index in [0.717, 1.165) is 0 Å². The van der Waals surface area contributed by atoms with E-state index >= 15 is 0 Å². The lowest BCUT2D eigenvalue weighted by Gasteiger charge is -2.32. The van der Waals surface area contributed by atoms with E-state index in [-0.39, 0.29) is 18.4 Å². The Hall–Kier alpha value is -1.92. The van der Waals surface area contributed by atoms with Crippen molar-refractivity contribution in [1.82, 2.24) is 4.90 Å². The fourth-order valence-corrected chi connectivity index (χ4v) is 2.65. The van der Waals surface area contributed by atoms with Crippen LogP contribution in [0.15, 0.2) is 36.3 Å². The summed E-state index contributed by atoms with van der Waals surface area (Å²) in [5, 5.41) is 0. The smallest absolute Gasteiger partial charge is 0.400 e. The fraction of sp³-hybridized carbons (Fsp3) is 0.412. The molecule has 2 aliphatic rings. The lowest BCUT2D eigenvalue weighted by molar-refractivity contribution is 0.00578. The third kappa shape index (κ3) is 2.62. The molecule has 0 saturated carbocycles. The number of hydrogen-bond acceptors (Lipinski definition) is 4. The van der Waals surface area contributed by atoms with Crippen molar-refractivity contribution in [3.8, 4) is 0 Å². The number of amides is 2. The van der Waals surface area contributed by atoms with Gasteiger partial charge in [-0.1, -0.05) is 24.2 Å². The largest absolute Gasteiger partial charge is 0.486 e. The molecule has 0 bridgehead atoms. The van der Waals surface area contributed by atoms with Gasteiger partial charge in [-0.2, -0.15) is 0 Å². The lowest BCUT2D eigenvalue weighted by Crippen LogP contribution is -2.41. The highest BCUT2D eigenvalue weighted by Gasteiger charge is 2.50. The van der Waals surface area contributed by atoms with Crippen LogP contribution in [0.4, 0.5) is 0 Å². The van der Waals surface area contributed by atoms with Gasteiger partial charge in [0.1, 0.15) is 0 Å². The molecule has 6 heteroatoms. The normalized spacial score (nSPS) is 22.3. The number of carbonyl (C=O) groups is 2. The number of nitrogens with zero attached hydrogens (tertiary/aromatic N) is 1. The summed E-state index contributed by atoms with van der Waals surface area (Å²) in [6.45, 7) is 8.11. The summed E-state index contributed by atoms with van der Waals surface area (Å²) in [6.07, 6.45) is 1.74. The Kier molecular flexibility index (Phi) is 3.69. The van der Waals surface area contributed by atoms with Gasteiger partial charge in [-0.3, -0.25) is 14.5 Å². The molecule has 0 atom stereocenters. The standard InChI is InChI=1S/C17H20BNO4/c1-16(2)17(3,4)23-18(22-16)10-7-11-19-14(20)12-8-5-6-9-13(12)15(19)21/h5-10H,11H2,1-4H3/b10-7+. The minimum atomic E-state index is -0.477. The van der Waals surface area contributed by atoms with Crippen molar-refractivity contribution in [3.05, 3.63) is 47.4 Å². The maximum atomic E-state index is 12.2. The van der Waals surface area contributed by atoms with Crippen molar-refractivity contribution < 1.29 is 18.9 Å². The van der Waals surface area contributed by atoms with Crippen molar-refractivity contribution in [3.63, 3.8) is 0 Å². The summed E-state index contributed by atoms with van der Waals surface area (Å²) in [7, 11) is -0.477. The lowest BCUT2D eigenvalue weighted by atomic mass is 9.90. The molecular weight excluding hydrogens is 293 g/mol. The Balaban J connectivity index is 1.67. The Bertz CT molecular complexity index is 645. The molecule has 2 amide bonds. The molecule has 0 aliphatic carbocycles. The second-order valence-corrected chi connectivity index (χ2v) is 6.82. The van der Waals surface area contributed by atoms with E-state index in [2.05, 4.69) is 0 Å². The average Bonchev–Trinajstić information content (AvgIpc) is 2.83. The highest BCUT2D eigenvalue weighted by molar-refractivity contribution is 6.51.